The van der Waals surface area contributed by atoms with Crippen molar-refractivity contribution in [3.05, 3.63) is 69.2 Å². The standard InChI is InChI=1S/C22H20N2O4/c1-4-13-14-7-12(25)5-6-18(14)23-20-15(13)9-24-19(20)8-17-16(21(24)26)10-28-11(2)22(17,3)27/h5-8,25,27H,2,4,9-10H2,1,3H3. The molecule has 1 unspecified atom stereocenters. The van der Waals surface area contributed by atoms with Crippen molar-refractivity contribution in [2.24, 2.45) is 0 Å². The van der Waals surface area contributed by atoms with Gasteiger partial charge in [-0.3, -0.25) is 4.79 Å². The summed E-state index contributed by atoms with van der Waals surface area (Å²) < 4.78 is 7.15. The largest absolute Gasteiger partial charge is 0.508 e. The second-order valence-corrected chi connectivity index (χ2v) is 7.57. The topological polar surface area (TPSA) is 84.6 Å². The molecule has 0 amide bonds. The summed E-state index contributed by atoms with van der Waals surface area (Å²) in [5.74, 6) is 0.428. The number of aryl methyl sites for hydroxylation is 1. The van der Waals surface area contributed by atoms with Crippen LogP contribution in [-0.4, -0.2) is 19.8 Å². The Hall–Kier alpha value is -3.12. The third-order valence-corrected chi connectivity index (χ3v) is 5.96. The lowest BCUT2D eigenvalue weighted by Crippen LogP contribution is -2.37. The molecule has 0 saturated carbocycles. The second-order valence-electron chi connectivity index (χ2n) is 7.57. The Labute approximate surface area is 161 Å². The van der Waals surface area contributed by atoms with Crippen LogP contribution in [0, 0.1) is 0 Å². The molecule has 0 radical (unpaired) electrons. The molecule has 2 aliphatic heterocycles. The van der Waals surface area contributed by atoms with Crippen LogP contribution in [0.1, 0.15) is 36.1 Å². The van der Waals surface area contributed by atoms with Gasteiger partial charge in [-0.2, -0.15) is 0 Å². The van der Waals surface area contributed by atoms with E-state index in [1.165, 1.54) is 0 Å². The minimum atomic E-state index is -1.43. The molecule has 1 aromatic carbocycles. The van der Waals surface area contributed by atoms with Gasteiger partial charge in [0.1, 0.15) is 23.7 Å². The molecule has 0 saturated heterocycles. The van der Waals surface area contributed by atoms with Crippen molar-refractivity contribution in [1.82, 2.24) is 9.55 Å². The smallest absolute Gasteiger partial charge is 0.258 e. The van der Waals surface area contributed by atoms with Gasteiger partial charge in [0, 0.05) is 16.5 Å². The molecular weight excluding hydrogens is 356 g/mol. The number of fused-ring (bicyclic) bond motifs is 5. The molecule has 28 heavy (non-hydrogen) atoms. The molecule has 1 atom stereocenters. The fraction of sp³-hybridized carbons (Fsp3) is 0.273. The van der Waals surface area contributed by atoms with Gasteiger partial charge >= 0.3 is 0 Å². The van der Waals surface area contributed by atoms with Crippen molar-refractivity contribution >= 4 is 10.9 Å². The summed E-state index contributed by atoms with van der Waals surface area (Å²) >= 11 is 0. The highest BCUT2D eigenvalue weighted by molar-refractivity contribution is 5.89. The first-order valence-electron chi connectivity index (χ1n) is 9.29. The van der Waals surface area contributed by atoms with Gasteiger partial charge in [0.25, 0.3) is 5.56 Å². The number of benzene rings is 1. The van der Waals surface area contributed by atoms with Gasteiger partial charge in [-0.25, -0.2) is 4.98 Å². The van der Waals surface area contributed by atoms with Gasteiger partial charge in [-0.15, -0.1) is 0 Å². The normalized spacial score (nSPS) is 19.9. The molecular formula is C22H20N2O4. The molecule has 4 heterocycles. The van der Waals surface area contributed by atoms with E-state index in [0.29, 0.717) is 23.4 Å². The van der Waals surface area contributed by atoms with Crippen LogP contribution in [0.3, 0.4) is 0 Å². The Kier molecular flexibility index (Phi) is 3.31. The minimum absolute atomic E-state index is 0.101. The van der Waals surface area contributed by atoms with Crippen molar-refractivity contribution in [3.63, 3.8) is 0 Å². The van der Waals surface area contributed by atoms with Crippen molar-refractivity contribution in [1.29, 1.82) is 0 Å². The van der Waals surface area contributed by atoms with E-state index in [9.17, 15) is 15.0 Å². The number of pyridine rings is 2. The number of ether oxygens (including phenoxy) is 1. The SMILES string of the molecule is C=C1OCc2c(cc3n(c2=O)Cc2c-3nc3ccc(O)cc3c2CC)C1(C)O. The van der Waals surface area contributed by atoms with Crippen molar-refractivity contribution < 1.29 is 14.9 Å². The van der Waals surface area contributed by atoms with Gasteiger partial charge in [0.05, 0.1) is 29.0 Å². The van der Waals surface area contributed by atoms with Gasteiger partial charge in [0.15, 0.2) is 0 Å². The maximum Gasteiger partial charge on any atom is 0.258 e. The number of aromatic hydroxyl groups is 1. The Morgan fingerprint density at radius 3 is 2.86 bits per heavy atom. The van der Waals surface area contributed by atoms with E-state index >= 15 is 0 Å². The Morgan fingerprint density at radius 2 is 2.11 bits per heavy atom. The Morgan fingerprint density at radius 1 is 1.32 bits per heavy atom. The summed E-state index contributed by atoms with van der Waals surface area (Å²) in [5, 5.41) is 21.7. The molecule has 0 fully saturated rings. The molecule has 2 aliphatic rings. The van der Waals surface area contributed by atoms with Crippen LogP contribution in [0.15, 0.2) is 41.4 Å². The lowest BCUT2D eigenvalue weighted by atomic mass is 9.88. The number of phenolic OH excluding ortho intramolecular Hbond substituents is 1. The maximum atomic E-state index is 13.2. The number of nitrogens with zero attached hydrogens (tertiary/aromatic N) is 2. The summed E-state index contributed by atoms with van der Waals surface area (Å²) in [6.07, 6.45) is 0.755. The predicted octanol–water partition coefficient (Wildman–Crippen LogP) is 2.94. The van der Waals surface area contributed by atoms with Gasteiger partial charge in [0.2, 0.25) is 0 Å². The van der Waals surface area contributed by atoms with Crippen LogP contribution in [0.2, 0.25) is 0 Å². The molecule has 6 nitrogen and oxygen atoms in total. The van der Waals surface area contributed by atoms with E-state index in [1.807, 2.05) is 6.07 Å². The third kappa shape index (κ3) is 2.06. The summed E-state index contributed by atoms with van der Waals surface area (Å²) in [4.78, 5) is 18.0. The number of rotatable bonds is 1. The fourth-order valence-corrected chi connectivity index (χ4v) is 4.37. The van der Waals surface area contributed by atoms with Crippen LogP contribution in [0.5, 0.6) is 5.75 Å². The van der Waals surface area contributed by atoms with Crippen LogP contribution >= 0.6 is 0 Å². The first-order chi connectivity index (χ1) is 13.3. The summed E-state index contributed by atoms with van der Waals surface area (Å²) in [6, 6.07) is 6.97. The van der Waals surface area contributed by atoms with Crippen LogP contribution in [-0.2, 0) is 29.9 Å². The number of aromatic nitrogens is 2. The molecule has 6 heteroatoms. The van der Waals surface area contributed by atoms with E-state index in [1.54, 1.807) is 29.7 Å². The highest BCUT2D eigenvalue weighted by Gasteiger charge is 2.39. The quantitative estimate of drug-likeness (QED) is 0.534. The van der Waals surface area contributed by atoms with Crippen molar-refractivity contribution in [3.8, 4) is 17.1 Å². The molecule has 0 aliphatic carbocycles. The molecule has 3 aromatic rings. The van der Waals surface area contributed by atoms with Gasteiger partial charge < -0.3 is 19.5 Å². The number of hydrogen-bond acceptors (Lipinski definition) is 5. The lowest BCUT2D eigenvalue weighted by molar-refractivity contribution is -0.000354. The Balaban J connectivity index is 1.84. The average molecular weight is 376 g/mol. The summed E-state index contributed by atoms with van der Waals surface area (Å²) in [7, 11) is 0. The zero-order valence-corrected chi connectivity index (χ0v) is 15.7. The van der Waals surface area contributed by atoms with Gasteiger partial charge in [-0.05, 0) is 43.2 Å². The number of aliphatic hydroxyl groups is 1. The molecule has 2 N–H and O–H groups in total. The fourth-order valence-electron chi connectivity index (χ4n) is 4.37. The maximum absolute atomic E-state index is 13.2. The first kappa shape index (κ1) is 17.0. The lowest BCUT2D eigenvalue weighted by Gasteiger charge is -2.33. The number of hydrogen-bond donors (Lipinski definition) is 2. The average Bonchev–Trinajstić information content (AvgIpc) is 3.02. The van der Waals surface area contributed by atoms with E-state index in [0.717, 1.165) is 34.1 Å². The van der Waals surface area contributed by atoms with Crippen LogP contribution in [0.4, 0.5) is 0 Å². The van der Waals surface area contributed by atoms with Crippen molar-refractivity contribution in [2.45, 2.75) is 39.0 Å². The number of phenols is 1. The third-order valence-electron chi connectivity index (χ3n) is 5.96. The summed E-state index contributed by atoms with van der Waals surface area (Å²) in [5.41, 5.74) is 3.65. The zero-order valence-electron chi connectivity index (χ0n) is 15.7. The summed E-state index contributed by atoms with van der Waals surface area (Å²) in [6.45, 7) is 7.95. The molecule has 0 spiro atoms. The molecule has 2 aromatic heterocycles. The zero-order chi connectivity index (χ0) is 19.8. The minimum Gasteiger partial charge on any atom is -0.508 e. The highest BCUT2D eigenvalue weighted by atomic mass is 16.5. The Bertz CT molecular complexity index is 1250. The van der Waals surface area contributed by atoms with E-state index in [-0.39, 0.29) is 23.7 Å². The predicted molar refractivity (Wildman–Crippen MR) is 105 cm³/mol. The van der Waals surface area contributed by atoms with Gasteiger partial charge in [-0.1, -0.05) is 13.5 Å². The van der Waals surface area contributed by atoms with Crippen molar-refractivity contribution in [2.75, 3.05) is 0 Å². The highest BCUT2D eigenvalue weighted by Crippen LogP contribution is 2.41. The monoisotopic (exact) mass is 376 g/mol. The molecule has 5 rings (SSSR count). The van der Waals surface area contributed by atoms with E-state index < -0.39 is 5.60 Å². The van der Waals surface area contributed by atoms with E-state index in [4.69, 9.17) is 9.72 Å². The molecule has 0 bridgehead atoms. The first-order valence-corrected chi connectivity index (χ1v) is 9.29. The molecule has 142 valence electrons. The second kappa shape index (κ2) is 5.45. The van der Waals surface area contributed by atoms with E-state index in [2.05, 4.69) is 13.5 Å². The van der Waals surface area contributed by atoms with Crippen LogP contribution < -0.4 is 5.56 Å². The van der Waals surface area contributed by atoms with Crippen LogP contribution in [0.25, 0.3) is 22.3 Å².